The van der Waals surface area contributed by atoms with E-state index in [4.69, 9.17) is 0 Å². The first kappa shape index (κ1) is 10.9. The molecule has 1 unspecified atom stereocenters. The van der Waals surface area contributed by atoms with Gasteiger partial charge in [-0.3, -0.25) is 4.79 Å². The van der Waals surface area contributed by atoms with Gasteiger partial charge in [0, 0.05) is 6.54 Å². The van der Waals surface area contributed by atoms with Crippen molar-refractivity contribution in [1.82, 2.24) is 10.6 Å². The molecule has 15 heavy (non-hydrogen) atoms. The van der Waals surface area contributed by atoms with Gasteiger partial charge in [-0.1, -0.05) is 19.3 Å². The van der Waals surface area contributed by atoms with Gasteiger partial charge in [0.05, 0.1) is 6.04 Å². The summed E-state index contributed by atoms with van der Waals surface area (Å²) in [4.78, 5) is 11.8. The topological polar surface area (TPSA) is 41.1 Å². The molecular formula is C12H22N2O. The number of nitrogens with one attached hydrogen (secondary N) is 2. The number of piperidine rings is 1. The summed E-state index contributed by atoms with van der Waals surface area (Å²) in [6, 6.07) is 0.0835. The Morgan fingerprint density at radius 3 is 2.53 bits per heavy atom. The predicted octanol–water partition coefficient (Wildman–Crippen LogP) is 1.43. The van der Waals surface area contributed by atoms with Gasteiger partial charge in [-0.2, -0.15) is 0 Å². The highest BCUT2D eigenvalue weighted by molar-refractivity contribution is 5.81. The molecule has 2 fully saturated rings. The highest BCUT2D eigenvalue weighted by Crippen LogP contribution is 2.23. The second kappa shape index (κ2) is 5.50. The van der Waals surface area contributed by atoms with Crippen molar-refractivity contribution in [2.24, 2.45) is 5.92 Å². The molecule has 1 saturated carbocycles. The Morgan fingerprint density at radius 2 is 1.87 bits per heavy atom. The fourth-order valence-corrected chi connectivity index (χ4v) is 2.66. The average molecular weight is 210 g/mol. The molecule has 2 N–H and O–H groups in total. The van der Waals surface area contributed by atoms with Crippen LogP contribution in [0.5, 0.6) is 0 Å². The van der Waals surface area contributed by atoms with Crippen LogP contribution in [0.2, 0.25) is 0 Å². The van der Waals surface area contributed by atoms with Crippen LogP contribution in [0, 0.1) is 5.92 Å². The predicted molar refractivity (Wildman–Crippen MR) is 60.6 cm³/mol. The molecule has 86 valence electrons. The minimum absolute atomic E-state index is 0.0835. The Morgan fingerprint density at radius 1 is 1.13 bits per heavy atom. The van der Waals surface area contributed by atoms with Gasteiger partial charge >= 0.3 is 0 Å². The molecule has 0 radical (unpaired) electrons. The van der Waals surface area contributed by atoms with Crippen molar-refractivity contribution in [2.75, 3.05) is 13.1 Å². The number of carbonyl (C=O) groups is 1. The number of hydrogen-bond acceptors (Lipinski definition) is 2. The largest absolute Gasteiger partial charge is 0.354 e. The van der Waals surface area contributed by atoms with Gasteiger partial charge in [-0.25, -0.2) is 0 Å². The summed E-state index contributed by atoms with van der Waals surface area (Å²) in [7, 11) is 0. The van der Waals surface area contributed by atoms with E-state index in [1.54, 1.807) is 0 Å². The standard InChI is InChI=1S/C12H22N2O/c15-12(11-7-3-4-8-13-11)14-9-10-5-1-2-6-10/h10-11,13H,1-9H2,(H,14,15). The van der Waals surface area contributed by atoms with Crippen LogP contribution in [0.4, 0.5) is 0 Å². The van der Waals surface area contributed by atoms with Crippen LogP contribution in [0.1, 0.15) is 44.9 Å². The van der Waals surface area contributed by atoms with Crippen molar-refractivity contribution in [3.05, 3.63) is 0 Å². The van der Waals surface area contributed by atoms with E-state index in [2.05, 4.69) is 10.6 Å². The Labute approximate surface area is 92.0 Å². The molecule has 1 saturated heterocycles. The summed E-state index contributed by atoms with van der Waals surface area (Å²) in [5.74, 6) is 0.971. The Bertz CT molecular complexity index is 206. The third-order valence-corrected chi connectivity index (χ3v) is 3.67. The van der Waals surface area contributed by atoms with Gasteiger partial charge in [0.25, 0.3) is 0 Å². The summed E-state index contributed by atoms with van der Waals surface area (Å²) in [5.41, 5.74) is 0. The normalized spacial score (nSPS) is 27.9. The molecule has 0 aromatic carbocycles. The summed E-state index contributed by atoms with van der Waals surface area (Å²) >= 11 is 0. The van der Waals surface area contributed by atoms with E-state index in [-0.39, 0.29) is 11.9 Å². The van der Waals surface area contributed by atoms with Crippen molar-refractivity contribution in [1.29, 1.82) is 0 Å². The minimum atomic E-state index is 0.0835. The smallest absolute Gasteiger partial charge is 0.237 e. The fraction of sp³-hybridized carbons (Fsp3) is 0.917. The lowest BCUT2D eigenvalue weighted by atomic mass is 10.0. The first-order valence-corrected chi connectivity index (χ1v) is 6.37. The molecule has 2 rings (SSSR count). The monoisotopic (exact) mass is 210 g/mol. The molecular weight excluding hydrogens is 188 g/mol. The summed E-state index contributed by atoms with van der Waals surface area (Å²) in [6.07, 6.45) is 8.72. The number of carbonyl (C=O) groups excluding carboxylic acids is 1. The van der Waals surface area contributed by atoms with Crippen LogP contribution < -0.4 is 10.6 Å². The maximum atomic E-state index is 11.8. The third-order valence-electron chi connectivity index (χ3n) is 3.67. The highest BCUT2D eigenvalue weighted by Gasteiger charge is 2.22. The summed E-state index contributed by atoms with van der Waals surface area (Å²) in [6.45, 7) is 1.90. The number of hydrogen-bond donors (Lipinski definition) is 2. The Balaban J connectivity index is 1.66. The van der Waals surface area contributed by atoms with E-state index in [0.29, 0.717) is 0 Å². The van der Waals surface area contributed by atoms with Gasteiger partial charge in [0.15, 0.2) is 0 Å². The SMILES string of the molecule is O=C(NCC1CCCC1)C1CCCCN1. The molecule has 3 heteroatoms. The van der Waals surface area contributed by atoms with Crippen molar-refractivity contribution in [3.63, 3.8) is 0 Å². The highest BCUT2D eigenvalue weighted by atomic mass is 16.2. The van der Waals surface area contributed by atoms with Crippen molar-refractivity contribution >= 4 is 5.91 Å². The first-order chi connectivity index (χ1) is 7.36. The zero-order valence-corrected chi connectivity index (χ0v) is 9.43. The maximum Gasteiger partial charge on any atom is 0.237 e. The van der Waals surface area contributed by atoms with Crippen molar-refractivity contribution in [3.8, 4) is 0 Å². The molecule has 1 aliphatic carbocycles. The van der Waals surface area contributed by atoms with Gasteiger partial charge in [0.2, 0.25) is 5.91 Å². The van der Waals surface area contributed by atoms with Gasteiger partial charge in [-0.15, -0.1) is 0 Å². The number of rotatable bonds is 3. The minimum Gasteiger partial charge on any atom is -0.354 e. The van der Waals surface area contributed by atoms with E-state index in [0.717, 1.165) is 25.4 Å². The van der Waals surface area contributed by atoms with E-state index >= 15 is 0 Å². The third kappa shape index (κ3) is 3.20. The fourth-order valence-electron chi connectivity index (χ4n) is 2.66. The molecule has 0 aromatic rings. The van der Waals surface area contributed by atoms with E-state index in [1.165, 1.54) is 38.5 Å². The van der Waals surface area contributed by atoms with Gasteiger partial charge in [0.1, 0.15) is 0 Å². The molecule has 0 spiro atoms. The second-order valence-corrected chi connectivity index (χ2v) is 4.90. The Kier molecular flexibility index (Phi) is 4.01. The number of amides is 1. The average Bonchev–Trinajstić information content (AvgIpc) is 2.80. The summed E-state index contributed by atoms with van der Waals surface area (Å²) in [5, 5.41) is 6.38. The lowest BCUT2D eigenvalue weighted by molar-refractivity contribution is -0.123. The van der Waals surface area contributed by atoms with Gasteiger partial charge < -0.3 is 10.6 Å². The van der Waals surface area contributed by atoms with Gasteiger partial charge in [-0.05, 0) is 38.1 Å². The van der Waals surface area contributed by atoms with Crippen molar-refractivity contribution in [2.45, 2.75) is 51.0 Å². The Hall–Kier alpha value is -0.570. The van der Waals surface area contributed by atoms with E-state index < -0.39 is 0 Å². The van der Waals surface area contributed by atoms with Crippen molar-refractivity contribution < 1.29 is 4.79 Å². The first-order valence-electron chi connectivity index (χ1n) is 6.37. The quantitative estimate of drug-likeness (QED) is 0.740. The second-order valence-electron chi connectivity index (χ2n) is 4.90. The van der Waals surface area contributed by atoms with E-state index in [1.807, 2.05) is 0 Å². The lowest BCUT2D eigenvalue weighted by Gasteiger charge is -2.23. The van der Waals surface area contributed by atoms with Crippen LogP contribution in [-0.4, -0.2) is 25.0 Å². The van der Waals surface area contributed by atoms with Crippen LogP contribution >= 0.6 is 0 Å². The maximum absolute atomic E-state index is 11.8. The van der Waals surface area contributed by atoms with E-state index in [9.17, 15) is 4.79 Å². The molecule has 1 aliphatic heterocycles. The van der Waals surface area contributed by atoms with Crippen LogP contribution in [-0.2, 0) is 4.79 Å². The molecule has 1 heterocycles. The summed E-state index contributed by atoms with van der Waals surface area (Å²) < 4.78 is 0. The molecule has 2 aliphatic rings. The lowest BCUT2D eigenvalue weighted by Crippen LogP contribution is -2.47. The van der Waals surface area contributed by atoms with Crippen LogP contribution in [0.15, 0.2) is 0 Å². The molecule has 3 nitrogen and oxygen atoms in total. The molecule has 1 amide bonds. The zero-order valence-electron chi connectivity index (χ0n) is 9.43. The zero-order chi connectivity index (χ0) is 10.5. The molecule has 1 atom stereocenters. The van der Waals surface area contributed by atoms with Crippen LogP contribution in [0.3, 0.4) is 0 Å². The molecule has 0 bridgehead atoms. The van der Waals surface area contributed by atoms with Crippen LogP contribution in [0.25, 0.3) is 0 Å². The molecule has 0 aromatic heterocycles.